The first-order valence-corrected chi connectivity index (χ1v) is 29.8. The van der Waals surface area contributed by atoms with Crippen molar-refractivity contribution in [3.63, 3.8) is 0 Å². The summed E-state index contributed by atoms with van der Waals surface area (Å²) in [5, 5.41) is 16.2. The molecule has 4 heterocycles. The first kappa shape index (κ1) is 60.4. The zero-order valence-electron chi connectivity index (χ0n) is 47.8. The average molecular weight is 1150 g/mol. The van der Waals surface area contributed by atoms with Crippen LogP contribution in [0.15, 0.2) is 115 Å². The van der Waals surface area contributed by atoms with E-state index < -0.39 is 12.1 Å². The first-order chi connectivity index (χ1) is 40.6. The van der Waals surface area contributed by atoms with Gasteiger partial charge in [0, 0.05) is 56.4 Å². The molecule has 1 aliphatic carbocycles. The summed E-state index contributed by atoms with van der Waals surface area (Å²) in [5.41, 5.74) is 6.07. The number of nitrogens with one attached hydrogen (secondary N) is 2. The van der Waals surface area contributed by atoms with Crippen LogP contribution in [0, 0.1) is 0 Å². The molecule has 1 saturated carbocycles. The molecule has 1 unspecified atom stereocenters. The number of benzene rings is 4. The number of aryl methyl sites for hydroxylation is 1. The van der Waals surface area contributed by atoms with Gasteiger partial charge in [-0.25, -0.2) is 14.5 Å². The summed E-state index contributed by atoms with van der Waals surface area (Å²) in [5.74, 6) is 1.47. The van der Waals surface area contributed by atoms with Gasteiger partial charge in [-0.2, -0.15) is 0 Å². The minimum atomic E-state index is -0.629. The van der Waals surface area contributed by atoms with E-state index in [2.05, 4.69) is 49.8 Å². The number of hydrogen-bond acceptors (Lipinski definition) is 15. The second kappa shape index (κ2) is 31.5. The monoisotopic (exact) mass is 1150 g/mol. The smallest absolute Gasteiger partial charge is 0.325 e. The van der Waals surface area contributed by atoms with Gasteiger partial charge in [-0.05, 0) is 57.7 Å². The number of hydrogen-bond donors (Lipinski definition) is 2. The topological polar surface area (TPSA) is 198 Å². The van der Waals surface area contributed by atoms with E-state index in [1.54, 1.807) is 38.8 Å². The molecular formula is C61H77BN11O9S+. The van der Waals surface area contributed by atoms with Crippen LogP contribution in [0.3, 0.4) is 0 Å². The fourth-order valence-electron chi connectivity index (χ4n) is 9.82. The van der Waals surface area contributed by atoms with Gasteiger partial charge in [-0.1, -0.05) is 5.21 Å². The summed E-state index contributed by atoms with van der Waals surface area (Å²) in [4.78, 5) is 66.0. The Morgan fingerprint density at radius 2 is 1.45 bits per heavy atom. The summed E-state index contributed by atoms with van der Waals surface area (Å²) in [6, 6.07) is 32.0. The van der Waals surface area contributed by atoms with Gasteiger partial charge in [-0.15, -0.1) is 16.4 Å². The van der Waals surface area contributed by atoms with E-state index in [0.717, 1.165) is 85.5 Å². The van der Waals surface area contributed by atoms with Gasteiger partial charge in [-0.3, -0.25) is 10.1 Å². The first-order valence-electron chi connectivity index (χ1n) is 28.9. The zero-order valence-corrected chi connectivity index (χ0v) is 48.6. The SMILES string of the molecule is CN(CCCCOc1ccc(CCC(=O)N(C2CC2)C2C(=O)[N+](Cc3ccccc3)=Bc3ccccc32)cc1)CCOCCOCCc1cn(CCOCCOc2ccc(NC(=O)Nc3nc(CC(=O)N4CCN(C)CC4)cs3)cc2)nn1. The van der Waals surface area contributed by atoms with E-state index in [4.69, 9.17) is 23.7 Å². The number of aromatic nitrogens is 4. The van der Waals surface area contributed by atoms with Gasteiger partial charge in [0.15, 0.2) is 5.13 Å². The van der Waals surface area contributed by atoms with E-state index in [1.807, 2.05) is 102 Å². The van der Waals surface area contributed by atoms with Crippen LogP contribution in [-0.4, -0.2) is 187 Å². The minimum Gasteiger partial charge on any atom is -0.491 e. The number of piperazine rings is 1. The quantitative estimate of drug-likeness (QED) is 0.0355. The van der Waals surface area contributed by atoms with Gasteiger partial charge < -0.3 is 39.0 Å². The second-order valence-electron chi connectivity index (χ2n) is 21.2. The van der Waals surface area contributed by atoms with Gasteiger partial charge in [0.1, 0.15) is 12.4 Å². The van der Waals surface area contributed by atoms with Crippen LogP contribution in [-0.2, 0) is 60.9 Å². The Bertz CT molecular complexity index is 3040. The van der Waals surface area contributed by atoms with Crippen molar-refractivity contribution in [2.24, 2.45) is 0 Å². The average Bonchev–Trinajstić information content (AvgIpc) is 3.84. The molecule has 1 atom stereocenters. The Morgan fingerprint density at radius 1 is 0.735 bits per heavy atom. The van der Waals surface area contributed by atoms with Crippen molar-refractivity contribution in [1.82, 2.24) is 39.6 Å². The Hall–Kier alpha value is -7.21. The number of fused-ring (bicyclic) bond motifs is 1. The summed E-state index contributed by atoms with van der Waals surface area (Å²) in [7, 11) is 6.08. The molecule has 9 rings (SSSR count). The Kier molecular flexibility index (Phi) is 22.9. The molecule has 1 saturated heterocycles. The molecule has 0 bridgehead atoms. The van der Waals surface area contributed by atoms with Gasteiger partial charge in [0.05, 0.1) is 70.6 Å². The molecule has 5 amide bonds. The molecule has 83 heavy (non-hydrogen) atoms. The molecule has 2 aromatic heterocycles. The summed E-state index contributed by atoms with van der Waals surface area (Å²) >= 11 is 1.28. The van der Waals surface area contributed by atoms with E-state index in [1.165, 1.54) is 11.3 Å². The van der Waals surface area contributed by atoms with Crippen LogP contribution in [0.25, 0.3) is 0 Å². The van der Waals surface area contributed by atoms with Crippen LogP contribution in [0.5, 0.6) is 11.5 Å². The van der Waals surface area contributed by atoms with Gasteiger partial charge in [0.25, 0.3) is 0 Å². The number of carbonyl (C=O) groups excluding carboxylic acids is 4. The maximum absolute atomic E-state index is 14.1. The predicted octanol–water partition coefficient (Wildman–Crippen LogP) is 6.09. The third-order valence-corrected chi connectivity index (χ3v) is 15.5. The molecule has 0 spiro atoms. The molecule has 2 aliphatic heterocycles. The summed E-state index contributed by atoms with van der Waals surface area (Å²) in [6.07, 6.45) is 7.45. The maximum atomic E-state index is 14.1. The van der Waals surface area contributed by atoms with Crippen molar-refractivity contribution in [3.05, 3.63) is 143 Å². The molecular weight excluding hydrogens is 1070 g/mol. The third-order valence-electron chi connectivity index (χ3n) is 14.7. The zero-order chi connectivity index (χ0) is 57.6. The minimum absolute atomic E-state index is 0.0129. The molecule has 2 fully saturated rings. The van der Waals surface area contributed by atoms with Crippen molar-refractivity contribution in [2.75, 3.05) is 117 Å². The number of thiazole rings is 1. The number of anilines is 2. The number of ether oxygens (including phenoxy) is 5. The maximum Gasteiger partial charge on any atom is 0.325 e. The number of likely N-dealkylation sites (N-methyl/N-ethyl adjacent to an activating group) is 2. The second-order valence-corrected chi connectivity index (χ2v) is 22.0. The van der Waals surface area contributed by atoms with E-state index >= 15 is 0 Å². The van der Waals surface area contributed by atoms with E-state index in [9.17, 15) is 19.2 Å². The van der Waals surface area contributed by atoms with Crippen LogP contribution in [0.2, 0.25) is 0 Å². The molecule has 6 aromatic rings. The number of unbranched alkanes of at least 4 members (excludes halogenated alkanes) is 1. The number of amides is 5. The van der Waals surface area contributed by atoms with Crippen LogP contribution >= 0.6 is 11.3 Å². The molecule has 0 radical (unpaired) electrons. The van der Waals surface area contributed by atoms with Crippen LogP contribution in [0.4, 0.5) is 15.6 Å². The number of urea groups is 1. The number of carbonyl (C=O) groups is 4. The van der Waals surface area contributed by atoms with Gasteiger partial charge in [0.2, 0.25) is 5.91 Å². The molecule has 438 valence electrons. The van der Waals surface area contributed by atoms with E-state index in [-0.39, 0.29) is 30.2 Å². The Balaban J connectivity index is 0.551. The molecule has 20 nitrogen and oxygen atoms in total. The number of nitrogens with zero attached hydrogens (tertiary/aromatic N) is 9. The predicted molar refractivity (Wildman–Crippen MR) is 317 cm³/mol. The Labute approximate surface area is 490 Å². The third kappa shape index (κ3) is 19.2. The Morgan fingerprint density at radius 3 is 2.23 bits per heavy atom. The normalized spacial score (nSPS) is 15.1. The van der Waals surface area contributed by atoms with Gasteiger partial charge >= 0.3 is 200 Å². The van der Waals surface area contributed by atoms with Crippen molar-refractivity contribution < 1.29 is 47.3 Å². The fourth-order valence-corrected chi connectivity index (χ4v) is 10.5. The standard InChI is InChI=1S/C61H76BN11O9S/c1-68(27-8-9-34-81-52-21-14-46(15-22-52)16-25-56(74)73(51-19-20-51)58-54-12-6-7-13-55(54)62-72(59(58)76)43-47-10-4-3-5-11-47)32-36-79-39-38-78-35-26-49-44-71(67-66-49)33-37-80-40-41-82-53-23-17-48(18-24-53)63-60(77)65-61-64-50(45-83-61)42-57(75)70-30-28-69(2)29-31-70/h3-7,10-15,17-18,21-24,44-45,51,58H,8-9,16,19-20,25-43H2,1-2H3,(H-,63,64,65,77)/p+1. The van der Waals surface area contributed by atoms with Crippen LogP contribution < -0.4 is 25.6 Å². The van der Waals surface area contributed by atoms with Crippen molar-refractivity contribution >= 4 is 58.4 Å². The molecule has 2 N–H and O–H groups in total. The molecule has 22 heteroatoms. The largest absolute Gasteiger partial charge is 0.491 e. The van der Waals surface area contributed by atoms with Crippen LogP contribution in [0.1, 0.15) is 66.2 Å². The van der Waals surface area contributed by atoms with Crippen molar-refractivity contribution in [3.8, 4) is 11.5 Å². The van der Waals surface area contributed by atoms with Crippen molar-refractivity contribution in [1.29, 1.82) is 0 Å². The van der Waals surface area contributed by atoms with Crippen molar-refractivity contribution in [2.45, 2.75) is 76.5 Å². The fraction of sp³-hybridized carbons (Fsp3) is 0.459. The summed E-state index contributed by atoms with van der Waals surface area (Å²) in [6.45, 7) is 9.96. The van der Waals surface area contributed by atoms with E-state index in [0.29, 0.717) is 121 Å². The number of rotatable bonds is 33. The molecule has 4 aromatic carbocycles. The molecule has 3 aliphatic rings. The summed E-state index contributed by atoms with van der Waals surface area (Å²) < 4.78 is 32.7.